The Bertz CT molecular complexity index is 329. The van der Waals surface area contributed by atoms with Crippen molar-refractivity contribution in [2.75, 3.05) is 13.1 Å². The fourth-order valence-corrected chi connectivity index (χ4v) is 1.87. The van der Waals surface area contributed by atoms with Gasteiger partial charge < -0.3 is 10.4 Å². The average Bonchev–Trinajstić information content (AvgIpc) is 2.29. The number of rotatable bonds is 6. The van der Waals surface area contributed by atoms with Crippen molar-refractivity contribution in [3.63, 3.8) is 0 Å². The van der Waals surface area contributed by atoms with Crippen LogP contribution in [0.1, 0.15) is 32.3 Å². The summed E-state index contributed by atoms with van der Waals surface area (Å²) in [4.78, 5) is 0. The van der Waals surface area contributed by atoms with E-state index in [1.54, 1.807) is 0 Å². The molecule has 1 aromatic rings. The van der Waals surface area contributed by atoms with Crippen LogP contribution in [0.4, 0.5) is 0 Å². The standard InChI is InChI=1S/C13H20ClNO/c1-3-8-15-10-13(16,4-2)11-6-5-7-12(14)9-11/h5-7,9,15-16H,3-4,8,10H2,1-2H3. The lowest BCUT2D eigenvalue weighted by Crippen LogP contribution is -2.37. The Hall–Kier alpha value is -0.570. The van der Waals surface area contributed by atoms with Crippen molar-refractivity contribution in [3.8, 4) is 0 Å². The van der Waals surface area contributed by atoms with Crippen LogP contribution in [-0.2, 0) is 5.60 Å². The molecule has 0 saturated heterocycles. The first-order valence-corrected chi connectivity index (χ1v) is 6.19. The van der Waals surface area contributed by atoms with E-state index < -0.39 is 5.60 Å². The van der Waals surface area contributed by atoms with E-state index in [0.29, 0.717) is 18.0 Å². The van der Waals surface area contributed by atoms with E-state index in [2.05, 4.69) is 12.2 Å². The summed E-state index contributed by atoms with van der Waals surface area (Å²) in [6.45, 7) is 5.58. The summed E-state index contributed by atoms with van der Waals surface area (Å²) in [5, 5.41) is 14.4. The minimum Gasteiger partial charge on any atom is -0.384 e. The van der Waals surface area contributed by atoms with Gasteiger partial charge in [0, 0.05) is 11.6 Å². The lowest BCUT2D eigenvalue weighted by atomic mass is 9.91. The molecular formula is C13H20ClNO. The molecule has 16 heavy (non-hydrogen) atoms. The summed E-state index contributed by atoms with van der Waals surface area (Å²) in [6, 6.07) is 7.44. The minimum absolute atomic E-state index is 0.567. The van der Waals surface area contributed by atoms with Gasteiger partial charge in [0.05, 0.1) is 0 Å². The summed E-state index contributed by atoms with van der Waals surface area (Å²) < 4.78 is 0. The SMILES string of the molecule is CCCNCC(O)(CC)c1cccc(Cl)c1. The van der Waals surface area contributed by atoms with Gasteiger partial charge in [-0.15, -0.1) is 0 Å². The van der Waals surface area contributed by atoms with Gasteiger partial charge in [0.2, 0.25) is 0 Å². The molecule has 90 valence electrons. The van der Waals surface area contributed by atoms with Crippen LogP contribution >= 0.6 is 11.6 Å². The minimum atomic E-state index is -0.819. The van der Waals surface area contributed by atoms with Gasteiger partial charge in [-0.1, -0.05) is 37.6 Å². The van der Waals surface area contributed by atoms with Gasteiger partial charge in [-0.25, -0.2) is 0 Å². The third-order valence-corrected chi connectivity index (χ3v) is 3.03. The zero-order valence-electron chi connectivity index (χ0n) is 9.96. The van der Waals surface area contributed by atoms with Crippen molar-refractivity contribution in [2.24, 2.45) is 0 Å². The van der Waals surface area contributed by atoms with Gasteiger partial charge in [0.15, 0.2) is 0 Å². The molecule has 0 fully saturated rings. The number of halogens is 1. The predicted molar refractivity (Wildman–Crippen MR) is 68.8 cm³/mol. The van der Waals surface area contributed by atoms with Crippen molar-refractivity contribution < 1.29 is 5.11 Å². The molecule has 0 aliphatic carbocycles. The number of benzene rings is 1. The number of nitrogens with one attached hydrogen (secondary N) is 1. The quantitative estimate of drug-likeness (QED) is 0.751. The van der Waals surface area contributed by atoms with Gasteiger partial charge in [0.1, 0.15) is 5.60 Å². The Morgan fingerprint density at radius 2 is 2.12 bits per heavy atom. The second kappa shape index (κ2) is 6.24. The Morgan fingerprint density at radius 1 is 1.38 bits per heavy atom. The summed E-state index contributed by atoms with van der Waals surface area (Å²) in [5.74, 6) is 0. The van der Waals surface area contributed by atoms with Crippen LogP contribution in [0.3, 0.4) is 0 Å². The molecule has 2 nitrogen and oxygen atoms in total. The maximum Gasteiger partial charge on any atom is 0.102 e. The zero-order chi connectivity index (χ0) is 12.0. The van der Waals surface area contributed by atoms with Crippen LogP contribution in [-0.4, -0.2) is 18.2 Å². The van der Waals surface area contributed by atoms with Crippen LogP contribution in [0.15, 0.2) is 24.3 Å². The monoisotopic (exact) mass is 241 g/mol. The Labute approximate surface area is 103 Å². The molecule has 0 aromatic heterocycles. The number of aliphatic hydroxyl groups is 1. The Balaban J connectivity index is 2.78. The van der Waals surface area contributed by atoms with Gasteiger partial charge in [-0.3, -0.25) is 0 Å². The predicted octanol–water partition coefficient (Wildman–Crippen LogP) is 2.94. The molecule has 0 heterocycles. The van der Waals surface area contributed by atoms with Gasteiger partial charge in [-0.05, 0) is 37.1 Å². The highest BCUT2D eigenvalue weighted by Crippen LogP contribution is 2.26. The molecule has 0 radical (unpaired) electrons. The second-order valence-electron chi connectivity index (χ2n) is 4.07. The first-order valence-electron chi connectivity index (χ1n) is 5.81. The first-order chi connectivity index (χ1) is 7.62. The number of hydrogen-bond acceptors (Lipinski definition) is 2. The van der Waals surface area contributed by atoms with Gasteiger partial charge in [-0.2, -0.15) is 0 Å². The smallest absolute Gasteiger partial charge is 0.102 e. The molecule has 0 amide bonds. The summed E-state index contributed by atoms with van der Waals surface area (Å²) in [5.41, 5.74) is 0.0613. The molecule has 0 spiro atoms. The fourth-order valence-electron chi connectivity index (χ4n) is 1.68. The van der Waals surface area contributed by atoms with Crippen molar-refractivity contribution >= 4 is 11.6 Å². The highest BCUT2D eigenvalue weighted by atomic mass is 35.5. The molecule has 1 aromatic carbocycles. The van der Waals surface area contributed by atoms with E-state index in [9.17, 15) is 5.11 Å². The maximum atomic E-state index is 10.5. The molecule has 1 rings (SSSR count). The normalized spacial score (nSPS) is 14.8. The lowest BCUT2D eigenvalue weighted by Gasteiger charge is -2.28. The summed E-state index contributed by atoms with van der Waals surface area (Å²) in [6.07, 6.45) is 1.74. The molecule has 3 heteroatoms. The summed E-state index contributed by atoms with van der Waals surface area (Å²) >= 11 is 5.94. The van der Waals surface area contributed by atoms with Crippen LogP contribution in [0.2, 0.25) is 5.02 Å². The maximum absolute atomic E-state index is 10.5. The summed E-state index contributed by atoms with van der Waals surface area (Å²) in [7, 11) is 0. The molecule has 0 bridgehead atoms. The molecule has 1 atom stereocenters. The van der Waals surface area contributed by atoms with Gasteiger partial charge >= 0.3 is 0 Å². The topological polar surface area (TPSA) is 32.3 Å². The van der Waals surface area contributed by atoms with E-state index in [4.69, 9.17) is 11.6 Å². The van der Waals surface area contributed by atoms with E-state index in [1.807, 2.05) is 31.2 Å². The van der Waals surface area contributed by atoms with Crippen LogP contribution in [0.5, 0.6) is 0 Å². The zero-order valence-corrected chi connectivity index (χ0v) is 10.7. The highest BCUT2D eigenvalue weighted by molar-refractivity contribution is 6.30. The van der Waals surface area contributed by atoms with Crippen LogP contribution in [0.25, 0.3) is 0 Å². The van der Waals surface area contributed by atoms with E-state index in [0.717, 1.165) is 18.5 Å². The largest absolute Gasteiger partial charge is 0.384 e. The van der Waals surface area contributed by atoms with Crippen LogP contribution in [0, 0.1) is 0 Å². The van der Waals surface area contributed by atoms with Crippen molar-refractivity contribution in [1.29, 1.82) is 0 Å². The Morgan fingerprint density at radius 3 is 2.69 bits per heavy atom. The van der Waals surface area contributed by atoms with E-state index in [1.165, 1.54) is 0 Å². The molecular weight excluding hydrogens is 222 g/mol. The Kier molecular flexibility index (Phi) is 5.26. The highest BCUT2D eigenvalue weighted by Gasteiger charge is 2.26. The second-order valence-corrected chi connectivity index (χ2v) is 4.51. The van der Waals surface area contributed by atoms with E-state index >= 15 is 0 Å². The molecule has 0 aliphatic heterocycles. The fraction of sp³-hybridized carbons (Fsp3) is 0.538. The van der Waals surface area contributed by atoms with Crippen molar-refractivity contribution in [3.05, 3.63) is 34.9 Å². The number of hydrogen-bond donors (Lipinski definition) is 2. The average molecular weight is 242 g/mol. The van der Waals surface area contributed by atoms with E-state index in [-0.39, 0.29) is 0 Å². The third kappa shape index (κ3) is 3.48. The van der Waals surface area contributed by atoms with Crippen molar-refractivity contribution in [2.45, 2.75) is 32.3 Å². The van der Waals surface area contributed by atoms with Crippen LogP contribution < -0.4 is 5.32 Å². The molecule has 2 N–H and O–H groups in total. The molecule has 0 saturated carbocycles. The lowest BCUT2D eigenvalue weighted by molar-refractivity contribution is 0.0329. The third-order valence-electron chi connectivity index (χ3n) is 2.79. The van der Waals surface area contributed by atoms with Crippen molar-refractivity contribution in [1.82, 2.24) is 5.32 Å². The van der Waals surface area contributed by atoms with Gasteiger partial charge in [0.25, 0.3) is 0 Å². The molecule has 1 unspecified atom stereocenters. The first kappa shape index (κ1) is 13.5. The molecule has 0 aliphatic rings.